The van der Waals surface area contributed by atoms with Crippen LogP contribution in [-0.4, -0.2) is 48.5 Å². The molecule has 11 heteroatoms. The number of hydrogen-bond acceptors (Lipinski definition) is 7. The van der Waals surface area contributed by atoms with Gasteiger partial charge in [0.05, 0.1) is 24.6 Å². The maximum atomic E-state index is 12.9. The molecule has 2 aromatic rings. The van der Waals surface area contributed by atoms with Gasteiger partial charge >= 0.3 is 11.9 Å². The van der Waals surface area contributed by atoms with E-state index in [2.05, 4.69) is 15.6 Å². The topological polar surface area (TPSA) is 175 Å². The second-order valence-corrected chi connectivity index (χ2v) is 9.03. The molecule has 198 valence electrons. The minimum atomic E-state index is -0.926. The largest absolute Gasteiger partial charge is 0.465 e. The van der Waals surface area contributed by atoms with Crippen molar-refractivity contribution >= 4 is 41.1 Å². The van der Waals surface area contributed by atoms with Crippen molar-refractivity contribution in [3.63, 3.8) is 0 Å². The molecule has 0 saturated carbocycles. The van der Waals surface area contributed by atoms with E-state index in [0.29, 0.717) is 22.5 Å². The van der Waals surface area contributed by atoms with Crippen LogP contribution in [0.4, 0.5) is 11.4 Å². The molecule has 37 heavy (non-hydrogen) atoms. The summed E-state index contributed by atoms with van der Waals surface area (Å²) in [6.45, 7) is 6.69. The second-order valence-electron chi connectivity index (χ2n) is 9.03. The van der Waals surface area contributed by atoms with Crippen molar-refractivity contribution in [2.75, 3.05) is 18.5 Å². The van der Waals surface area contributed by atoms with Crippen LogP contribution >= 0.6 is 0 Å². The molecule has 0 aromatic heterocycles. The summed E-state index contributed by atoms with van der Waals surface area (Å²) in [6.07, 6.45) is -0.241. The number of ether oxygens (including phenoxy) is 2. The normalized spacial score (nSPS) is 11.6. The van der Waals surface area contributed by atoms with Crippen molar-refractivity contribution in [3.8, 4) is 0 Å². The van der Waals surface area contributed by atoms with Gasteiger partial charge in [0.1, 0.15) is 12.1 Å². The molecular formula is C26H33N5O6. The molecule has 0 radical (unpaired) electrons. The molecule has 11 nitrogen and oxygen atoms in total. The predicted molar refractivity (Wildman–Crippen MR) is 139 cm³/mol. The Morgan fingerprint density at radius 2 is 1.68 bits per heavy atom. The number of aliphatic imine (C=N–C) groups is 1. The van der Waals surface area contributed by atoms with Crippen LogP contribution in [0.15, 0.2) is 53.5 Å². The van der Waals surface area contributed by atoms with Gasteiger partial charge in [0.15, 0.2) is 5.96 Å². The fraction of sp³-hybridized carbons (Fsp3) is 0.346. The number of amides is 2. The van der Waals surface area contributed by atoms with Gasteiger partial charge < -0.3 is 31.6 Å². The van der Waals surface area contributed by atoms with Gasteiger partial charge in [0, 0.05) is 11.3 Å². The third-order valence-corrected chi connectivity index (χ3v) is 4.76. The van der Waals surface area contributed by atoms with E-state index in [1.54, 1.807) is 70.2 Å². The van der Waals surface area contributed by atoms with Crippen LogP contribution in [-0.2, 0) is 23.9 Å². The van der Waals surface area contributed by atoms with Crippen LogP contribution in [0.3, 0.4) is 0 Å². The first-order chi connectivity index (χ1) is 17.4. The number of nitrogens with zero attached hydrogens (tertiary/aromatic N) is 1. The summed E-state index contributed by atoms with van der Waals surface area (Å²) in [5.41, 5.74) is 11.8. The Balaban J connectivity index is 2.18. The minimum Gasteiger partial charge on any atom is -0.465 e. The van der Waals surface area contributed by atoms with Gasteiger partial charge in [0.25, 0.3) is 5.91 Å². The Morgan fingerprint density at radius 1 is 1.00 bits per heavy atom. The van der Waals surface area contributed by atoms with Gasteiger partial charge in [-0.05, 0) is 63.6 Å². The lowest BCUT2D eigenvalue weighted by molar-refractivity contribution is -0.156. The fourth-order valence-electron chi connectivity index (χ4n) is 3.27. The van der Waals surface area contributed by atoms with Gasteiger partial charge in [-0.15, -0.1) is 0 Å². The average Bonchev–Trinajstić information content (AvgIpc) is 2.80. The highest BCUT2D eigenvalue weighted by Crippen LogP contribution is 2.24. The summed E-state index contributed by atoms with van der Waals surface area (Å²) in [6, 6.07) is 12.9. The summed E-state index contributed by atoms with van der Waals surface area (Å²) >= 11 is 0. The first-order valence-corrected chi connectivity index (χ1v) is 11.6. The molecule has 0 heterocycles. The highest BCUT2D eigenvalue weighted by molar-refractivity contribution is 6.05. The van der Waals surface area contributed by atoms with Gasteiger partial charge in [-0.25, -0.2) is 4.99 Å². The van der Waals surface area contributed by atoms with E-state index >= 15 is 0 Å². The molecule has 2 rings (SSSR count). The van der Waals surface area contributed by atoms with Crippen molar-refractivity contribution in [2.24, 2.45) is 16.5 Å². The lowest BCUT2D eigenvalue weighted by atomic mass is 9.94. The van der Waals surface area contributed by atoms with E-state index in [1.165, 1.54) is 6.07 Å². The smallest absolute Gasteiger partial charge is 0.325 e. The number of hydrogen-bond donors (Lipinski definition) is 4. The average molecular weight is 512 g/mol. The minimum absolute atomic E-state index is 0.125. The van der Waals surface area contributed by atoms with Crippen LogP contribution in [0.25, 0.3) is 0 Å². The zero-order chi connectivity index (χ0) is 27.6. The Labute approximate surface area is 215 Å². The van der Waals surface area contributed by atoms with E-state index in [1.807, 2.05) is 0 Å². The number of guanidine groups is 1. The highest BCUT2D eigenvalue weighted by Gasteiger charge is 2.27. The van der Waals surface area contributed by atoms with Crippen LogP contribution < -0.4 is 22.1 Å². The summed E-state index contributed by atoms with van der Waals surface area (Å²) in [7, 11) is 0. The third kappa shape index (κ3) is 10.0. The van der Waals surface area contributed by atoms with E-state index in [4.69, 9.17) is 20.9 Å². The first kappa shape index (κ1) is 28.8. The van der Waals surface area contributed by atoms with Crippen LogP contribution in [0.1, 0.15) is 56.0 Å². The van der Waals surface area contributed by atoms with Crippen molar-refractivity contribution in [1.82, 2.24) is 5.32 Å². The van der Waals surface area contributed by atoms with Crippen LogP contribution in [0, 0.1) is 0 Å². The van der Waals surface area contributed by atoms with Crippen molar-refractivity contribution in [2.45, 2.75) is 45.6 Å². The zero-order valence-electron chi connectivity index (χ0n) is 21.4. The standard InChI is InChI=1S/C26H33N5O6/c1-5-36-22(33)15-29-24(35)20(14-21(32)37-26(2,3)4)16-9-11-18(12-10-16)30-23(34)17-7-6-8-19(13-17)31-25(27)28/h6-13,20H,5,14-15H2,1-4H3,(H,29,35)(H,30,34)(H4,27,28,31). The zero-order valence-corrected chi connectivity index (χ0v) is 21.4. The monoisotopic (exact) mass is 511 g/mol. The van der Waals surface area contributed by atoms with E-state index in [-0.39, 0.29) is 25.5 Å². The maximum absolute atomic E-state index is 12.9. The molecule has 0 fully saturated rings. The molecule has 1 atom stereocenters. The Bertz CT molecular complexity index is 1150. The molecule has 2 aromatic carbocycles. The quantitative estimate of drug-likeness (QED) is 0.213. The lowest BCUT2D eigenvalue weighted by Gasteiger charge is -2.22. The summed E-state index contributed by atoms with van der Waals surface area (Å²) < 4.78 is 10.2. The van der Waals surface area contributed by atoms with Crippen molar-refractivity contribution < 1.29 is 28.7 Å². The first-order valence-electron chi connectivity index (χ1n) is 11.6. The van der Waals surface area contributed by atoms with Crippen molar-refractivity contribution in [3.05, 3.63) is 59.7 Å². The molecular weight excluding hydrogens is 478 g/mol. The molecule has 1 unspecified atom stereocenters. The van der Waals surface area contributed by atoms with Gasteiger partial charge in [-0.3, -0.25) is 19.2 Å². The Morgan fingerprint density at radius 3 is 2.27 bits per heavy atom. The summed E-state index contributed by atoms with van der Waals surface area (Å²) in [5.74, 6) is -3.13. The highest BCUT2D eigenvalue weighted by atomic mass is 16.6. The number of carbonyl (C=O) groups is 4. The number of anilines is 1. The van der Waals surface area contributed by atoms with Crippen molar-refractivity contribution in [1.29, 1.82) is 0 Å². The molecule has 0 spiro atoms. The van der Waals surface area contributed by atoms with E-state index in [0.717, 1.165) is 0 Å². The number of nitrogens with one attached hydrogen (secondary N) is 2. The number of nitrogens with two attached hydrogens (primary N) is 2. The number of benzene rings is 2. The van der Waals surface area contributed by atoms with Crippen LogP contribution in [0.2, 0.25) is 0 Å². The fourth-order valence-corrected chi connectivity index (χ4v) is 3.27. The summed E-state index contributed by atoms with van der Waals surface area (Å²) in [4.78, 5) is 53.6. The van der Waals surface area contributed by atoms with E-state index in [9.17, 15) is 19.2 Å². The molecule has 0 aliphatic rings. The van der Waals surface area contributed by atoms with Gasteiger partial charge in [-0.2, -0.15) is 0 Å². The van der Waals surface area contributed by atoms with Crippen LogP contribution in [0.5, 0.6) is 0 Å². The van der Waals surface area contributed by atoms with Gasteiger partial charge in [-0.1, -0.05) is 18.2 Å². The van der Waals surface area contributed by atoms with E-state index < -0.39 is 35.3 Å². The molecule has 0 saturated heterocycles. The molecule has 6 N–H and O–H groups in total. The summed E-state index contributed by atoms with van der Waals surface area (Å²) in [5, 5.41) is 5.26. The number of rotatable bonds is 10. The molecule has 0 aliphatic heterocycles. The third-order valence-electron chi connectivity index (χ3n) is 4.76. The SMILES string of the molecule is CCOC(=O)CNC(=O)C(CC(=O)OC(C)(C)C)c1ccc(NC(=O)c2cccc(N=C(N)N)c2)cc1. The predicted octanol–water partition coefficient (Wildman–Crippen LogP) is 2.34. The maximum Gasteiger partial charge on any atom is 0.325 e. The lowest BCUT2D eigenvalue weighted by Crippen LogP contribution is -2.36. The number of esters is 2. The Hall–Kier alpha value is -4.41. The molecule has 0 aliphatic carbocycles. The number of carbonyl (C=O) groups excluding carboxylic acids is 4. The molecule has 2 amide bonds. The van der Waals surface area contributed by atoms with Gasteiger partial charge in [0.2, 0.25) is 5.91 Å². The Kier molecular flexibility index (Phi) is 10.2. The second kappa shape index (κ2) is 13.1. The molecule has 0 bridgehead atoms.